The number of ether oxygens (including phenoxy) is 1. The van der Waals surface area contributed by atoms with E-state index >= 15 is 0 Å². The van der Waals surface area contributed by atoms with Crippen molar-refractivity contribution in [3.05, 3.63) is 54.2 Å². The number of amides is 1. The molecule has 0 spiro atoms. The van der Waals surface area contributed by atoms with Crippen molar-refractivity contribution in [3.63, 3.8) is 0 Å². The van der Waals surface area contributed by atoms with E-state index in [-0.39, 0.29) is 12.0 Å². The van der Waals surface area contributed by atoms with Gasteiger partial charge in [-0.1, -0.05) is 17.4 Å². The maximum Gasteiger partial charge on any atom is 0.257 e. The molecule has 1 amide bonds. The first-order chi connectivity index (χ1) is 11.6. The fraction of sp³-hybridized carbons (Fsp3) is 0.176. The van der Waals surface area contributed by atoms with Crippen molar-refractivity contribution < 1.29 is 9.53 Å². The van der Waals surface area contributed by atoms with E-state index < -0.39 is 0 Å². The van der Waals surface area contributed by atoms with E-state index in [0.717, 1.165) is 11.4 Å². The molecule has 0 aliphatic rings. The summed E-state index contributed by atoms with van der Waals surface area (Å²) >= 11 is 1.28. The Bertz CT molecular complexity index is 816. The van der Waals surface area contributed by atoms with Crippen molar-refractivity contribution in [2.75, 3.05) is 5.32 Å². The molecule has 0 saturated carbocycles. The number of carbonyl (C=O) groups excluding carboxylic acids is 1. The number of rotatable bonds is 5. The van der Waals surface area contributed by atoms with Crippen molar-refractivity contribution in [3.8, 4) is 16.5 Å². The minimum Gasteiger partial charge on any atom is -0.491 e. The van der Waals surface area contributed by atoms with Crippen LogP contribution in [-0.4, -0.2) is 27.2 Å². The van der Waals surface area contributed by atoms with Crippen molar-refractivity contribution in [2.24, 2.45) is 0 Å². The number of pyridine rings is 1. The average Bonchev–Trinajstić information content (AvgIpc) is 3.04. The lowest BCUT2D eigenvalue weighted by molar-refractivity contribution is 0.102. The summed E-state index contributed by atoms with van der Waals surface area (Å²) in [6.07, 6.45) is 1.78. The minimum atomic E-state index is -0.241. The molecular formula is C17H16N4O2S. The molecule has 3 aromatic rings. The van der Waals surface area contributed by atoms with E-state index in [0.29, 0.717) is 15.7 Å². The van der Waals surface area contributed by atoms with Gasteiger partial charge < -0.3 is 4.74 Å². The number of benzene rings is 1. The van der Waals surface area contributed by atoms with Gasteiger partial charge in [-0.2, -0.15) is 0 Å². The monoisotopic (exact) mass is 340 g/mol. The van der Waals surface area contributed by atoms with Gasteiger partial charge in [0.05, 0.1) is 6.10 Å². The fourth-order valence-electron chi connectivity index (χ4n) is 1.99. The predicted octanol–water partition coefficient (Wildman–Crippen LogP) is 3.64. The molecule has 1 N–H and O–H groups in total. The SMILES string of the molecule is CC(C)Oc1ccc(C(=O)Nc2nnc(-c3ccccn3)s2)cc1. The zero-order valence-electron chi connectivity index (χ0n) is 13.3. The Hall–Kier alpha value is -2.80. The molecule has 2 aromatic heterocycles. The minimum absolute atomic E-state index is 0.0936. The van der Waals surface area contributed by atoms with E-state index in [9.17, 15) is 4.79 Å². The fourth-order valence-corrected chi connectivity index (χ4v) is 2.71. The summed E-state index contributed by atoms with van der Waals surface area (Å²) in [5.41, 5.74) is 1.26. The van der Waals surface area contributed by atoms with Crippen LogP contribution in [0.5, 0.6) is 5.75 Å². The predicted molar refractivity (Wildman–Crippen MR) is 93.3 cm³/mol. The molecule has 2 heterocycles. The van der Waals surface area contributed by atoms with Crippen molar-refractivity contribution in [2.45, 2.75) is 20.0 Å². The van der Waals surface area contributed by atoms with E-state index in [2.05, 4.69) is 20.5 Å². The molecule has 0 atom stereocenters. The Morgan fingerprint density at radius 1 is 1.12 bits per heavy atom. The van der Waals surface area contributed by atoms with Crippen LogP contribution in [0, 0.1) is 0 Å². The largest absolute Gasteiger partial charge is 0.491 e. The second-order valence-corrected chi connectivity index (χ2v) is 6.25. The van der Waals surface area contributed by atoms with Gasteiger partial charge in [-0.15, -0.1) is 10.2 Å². The molecular weight excluding hydrogens is 324 g/mol. The first kappa shape index (κ1) is 16.1. The summed E-state index contributed by atoms with van der Waals surface area (Å²) in [6, 6.07) is 12.5. The number of anilines is 1. The van der Waals surface area contributed by atoms with Crippen molar-refractivity contribution >= 4 is 22.4 Å². The molecule has 1 aromatic carbocycles. The molecule has 0 aliphatic carbocycles. The van der Waals surface area contributed by atoms with Crippen LogP contribution in [-0.2, 0) is 0 Å². The summed E-state index contributed by atoms with van der Waals surface area (Å²) in [4.78, 5) is 16.5. The lowest BCUT2D eigenvalue weighted by atomic mass is 10.2. The highest BCUT2D eigenvalue weighted by atomic mass is 32.1. The van der Waals surface area contributed by atoms with Gasteiger partial charge in [0.15, 0.2) is 5.01 Å². The quantitative estimate of drug-likeness (QED) is 0.767. The smallest absolute Gasteiger partial charge is 0.257 e. The first-order valence-electron chi connectivity index (χ1n) is 7.45. The van der Waals surface area contributed by atoms with Crippen LogP contribution < -0.4 is 10.1 Å². The van der Waals surface area contributed by atoms with Gasteiger partial charge in [0, 0.05) is 11.8 Å². The number of hydrogen-bond acceptors (Lipinski definition) is 6. The van der Waals surface area contributed by atoms with Crippen LogP contribution in [0.1, 0.15) is 24.2 Å². The van der Waals surface area contributed by atoms with Gasteiger partial charge in [0.2, 0.25) is 5.13 Å². The molecule has 122 valence electrons. The molecule has 0 radical (unpaired) electrons. The number of hydrogen-bond donors (Lipinski definition) is 1. The summed E-state index contributed by atoms with van der Waals surface area (Å²) in [5, 5.41) is 11.9. The third-order valence-electron chi connectivity index (χ3n) is 3.02. The molecule has 3 rings (SSSR count). The zero-order valence-corrected chi connectivity index (χ0v) is 14.1. The van der Waals surface area contributed by atoms with Crippen LogP contribution in [0.4, 0.5) is 5.13 Å². The molecule has 0 saturated heterocycles. The van der Waals surface area contributed by atoms with Crippen LogP contribution in [0.3, 0.4) is 0 Å². The molecule has 0 unspecified atom stereocenters. The van der Waals surface area contributed by atoms with Gasteiger partial charge in [0.25, 0.3) is 5.91 Å². The topological polar surface area (TPSA) is 77.0 Å². The maximum atomic E-state index is 12.3. The molecule has 7 heteroatoms. The second-order valence-electron chi connectivity index (χ2n) is 5.27. The lowest BCUT2D eigenvalue weighted by Gasteiger charge is -2.09. The highest BCUT2D eigenvalue weighted by Crippen LogP contribution is 2.24. The van der Waals surface area contributed by atoms with Gasteiger partial charge in [-0.3, -0.25) is 15.1 Å². The standard InChI is InChI=1S/C17H16N4O2S/c1-11(2)23-13-8-6-12(7-9-13)15(22)19-17-21-20-16(24-17)14-5-3-4-10-18-14/h3-11H,1-2H3,(H,19,21,22). The third-order valence-corrected chi connectivity index (χ3v) is 3.88. The normalized spacial score (nSPS) is 10.6. The van der Waals surface area contributed by atoms with Gasteiger partial charge in [-0.05, 0) is 50.2 Å². The van der Waals surface area contributed by atoms with Crippen molar-refractivity contribution in [1.29, 1.82) is 0 Å². The molecule has 0 fully saturated rings. The highest BCUT2D eigenvalue weighted by molar-refractivity contribution is 7.18. The highest BCUT2D eigenvalue weighted by Gasteiger charge is 2.12. The third kappa shape index (κ3) is 3.94. The zero-order chi connectivity index (χ0) is 16.9. The van der Waals surface area contributed by atoms with Crippen LogP contribution in [0.15, 0.2) is 48.7 Å². The Balaban J connectivity index is 1.68. The summed E-state index contributed by atoms with van der Waals surface area (Å²) < 4.78 is 5.56. The molecule has 24 heavy (non-hydrogen) atoms. The number of aromatic nitrogens is 3. The van der Waals surface area contributed by atoms with E-state index in [4.69, 9.17) is 4.74 Å². The van der Waals surface area contributed by atoms with E-state index in [1.807, 2.05) is 32.0 Å². The summed E-state index contributed by atoms with van der Waals surface area (Å²) in [7, 11) is 0. The van der Waals surface area contributed by atoms with Gasteiger partial charge in [-0.25, -0.2) is 0 Å². The van der Waals surface area contributed by atoms with Crippen LogP contribution in [0.25, 0.3) is 10.7 Å². The van der Waals surface area contributed by atoms with Crippen molar-refractivity contribution in [1.82, 2.24) is 15.2 Å². The van der Waals surface area contributed by atoms with Gasteiger partial charge >= 0.3 is 0 Å². The van der Waals surface area contributed by atoms with E-state index in [1.54, 1.807) is 30.5 Å². The summed E-state index contributed by atoms with van der Waals surface area (Å²) in [6.45, 7) is 3.91. The van der Waals surface area contributed by atoms with Crippen LogP contribution in [0.2, 0.25) is 0 Å². The maximum absolute atomic E-state index is 12.3. The lowest BCUT2D eigenvalue weighted by Crippen LogP contribution is -2.12. The average molecular weight is 340 g/mol. The Morgan fingerprint density at radius 3 is 2.58 bits per heavy atom. The summed E-state index contributed by atoms with van der Waals surface area (Å²) in [5.74, 6) is 0.490. The van der Waals surface area contributed by atoms with Crippen LogP contribution >= 0.6 is 11.3 Å². The molecule has 6 nitrogen and oxygen atoms in total. The molecule has 0 bridgehead atoms. The Morgan fingerprint density at radius 2 is 1.92 bits per heavy atom. The number of carbonyl (C=O) groups is 1. The number of nitrogens with one attached hydrogen (secondary N) is 1. The second kappa shape index (κ2) is 7.18. The Kier molecular flexibility index (Phi) is 4.81. The number of nitrogens with zero attached hydrogens (tertiary/aromatic N) is 3. The first-order valence-corrected chi connectivity index (χ1v) is 8.26. The Labute approximate surface area is 143 Å². The van der Waals surface area contributed by atoms with E-state index in [1.165, 1.54) is 11.3 Å². The molecule has 0 aliphatic heterocycles. The van der Waals surface area contributed by atoms with Gasteiger partial charge in [0.1, 0.15) is 11.4 Å².